The number of nitrogen functional groups attached to an aromatic ring is 1. The number of hydrogen-bond acceptors (Lipinski definition) is 9. The van der Waals surface area contributed by atoms with Crippen LogP contribution in [0, 0.1) is 11.3 Å². The fourth-order valence-electron chi connectivity index (χ4n) is 3.17. The third-order valence-electron chi connectivity index (χ3n) is 4.67. The number of H-pyrrole nitrogens is 1. The summed E-state index contributed by atoms with van der Waals surface area (Å²) < 4.78 is 5.90. The number of hydrazone groups is 1. The highest BCUT2D eigenvalue weighted by molar-refractivity contribution is 7.21. The number of aromatic nitrogens is 2. The van der Waals surface area contributed by atoms with Crippen molar-refractivity contribution in [2.45, 2.75) is 6.92 Å². The van der Waals surface area contributed by atoms with Crippen LogP contribution in [0.25, 0.3) is 21.3 Å². The minimum atomic E-state index is -0.567. The Labute approximate surface area is 192 Å². The van der Waals surface area contributed by atoms with E-state index in [0.717, 1.165) is 10.1 Å². The Morgan fingerprint density at radius 3 is 2.85 bits per heavy atom. The van der Waals surface area contributed by atoms with Crippen LogP contribution in [-0.4, -0.2) is 28.8 Å². The number of fused-ring (bicyclic) bond motifs is 1. The van der Waals surface area contributed by atoms with E-state index in [1.165, 1.54) is 17.6 Å². The molecule has 4 N–H and O–H groups in total. The van der Waals surface area contributed by atoms with E-state index in [2.05, 4.69) is 20.5 Å². The van der Waals surface area contributed by atoms with Gasteiger partial charge in [0, 0.05) is 15.6 Å². The molecule has 4 rings (SSSR count). The molecule has 0 spiro atoms. The molecule has 2 heterocycles. The summed E-state index contributed by atoms with van der Waals surface area (Å²) in [7, 11) is 0. The standard InChI is InChI=1S/C23H18N6O3S/c1-2-32-22(31)20-18(25)15-10-13(8-9-17(15)33-20)12-26-29-23-27-19(14-6-4-3-5-7-14)16(11-24)21(30)28-23/h3-10,12H,2,25H2,1H3,(H2,27,28,29,30). The van der Waals surface area contributed by atoms with E-state index in [4.69, 9.17) is 10.5 Å². The van der Waals surface area contributed by atoms with Gasteiger partial charge in [-0.15, -0.1) is 11.3 Å². The van der Waals surface area contributed by atoms with Crippen LogP contribution >= 0.6 is 11.3 Å². The second kappa shape index (κ2) is 9.33. The molecule has 10 heteroatoms. The second-order valence-corrected chi connectivity index (χ2v) is 7.86. The normalized spacial score (nSPS) is 10.9. The van der Waals surface area contributed by atoms with E-state index in [1.54, 1.807) is 37.3 Å². The zero-order valence-corrected chi connectivity index (χ0v) is 18.3. The highest BCUT2D eigenvalue weighted by Gasteiger charge is 2.17. The van der Waals surface area contributed by atoms with Crippen LogP contribution in [0.5, 0.6) is 0 Å². The highest BCUT2D eigenvalue weighted by Crippen LogP contribution is 2.34. The first kappa shape index (κ1) is 21.7. The lowest BCUT2D eigenvalue weighted by Gasteiger charge is -2.06. The summed E-state index contributed by atoms with van der Waals surface area (Å²) in [4.78, 5) is 31.6. The number of carbonyl (C=O) groups is 1. The number of aromatic amines is 1. The Balaban J connectivity index is 1.60. The Bertz CT molecular complexity index is 1470. The summed E-state index contributed by atoms with van der Waals surface area (Å²) in [6.45, 7) is 2.01. The molecule has 0 unspecified atom stereocenters. The molecule has 2 aromatic heterocycles. The quantitative estimate of drug-likeness (QED) is 0.227. The fraction of sp³-hybridized carbons (Fsp3) is 0.0870. The first-order valence-corrected chi connectivity index (χ1v) is 10.7. The summed E-state index contributed by atoms with van der Waals surface area (Å²) in [5, 5.41) is 14.2. The average Bonchev–Trinajstić information content (AvgIpc) is 3.15. The second-order valence-electron chi connectivity index (χ2n) is 6.81. The van der Waals surface area contributed by atoms with Crippen molar-refractivity contribution in [3.05, 3.63) is 74.9 Å². The predicted octanol–water partition coefficient (Wildman–Crippen LogP) is 3.73. The van der Waals surface area contributed by atoms with Crippen molar-refractivity contribution in [2.75, 3.05) is 17.8 Å². The van der Waals surface area contributed by atoms with E-state index in [0.29, 0.717) is 21.7 Å². The van der Waals surface area contributed by atoms with Crippen LogP contribution in [0.1, 0.15) is 27.7 Å². The third-order valence-corrected chi connectivity index (χ3v) is 5.84. The van der Waals surface area contributed by atoms with Gasteiger partial charge in [0.2, 0.25) is 5.95 Å². The number of nitrogens with one attached hydrogen (secondary N) is 2. The van der Waals surface area contributed by atoms with Gasteiger partial charge in [-0.3, -0.25) is 9.78 Å². The molecule has 0 bridgehead atoms. The molecular formula is C23H18N6O3S. The van der Waals surface area contributed by atoms with Gasteiger partial charge in [0.05, 0.1) is 24.2 Å². The van der Waals surface area contributed by atoms with E-state index < -0.39 is 11.5 Å². The van der Waals surface area contributed by atoms with Gasteiger partial charge in [0.15, 0.2) is 0 Å². The number of nitrogens with zero attached hydrogens (tertiary/aromatic N) is 3. The maximum absolute atomic E-state index is 12.3. The smallest absolute Gasteiger partial charge is 0.350 e. The number of benzene rings is 2. The van der Waals surface area contributed by atoms with Crippen LogP contribution in [0.3, 0.4) is 0 Å². The van der Waals surface area contributed by atoms with Gasteiger partial charge < -0.3 is 10.5 Å². The number of ether oxygens (including phenoxy) is 1. The number of nitrogens with two attached hydrogens (primary N) is 1. The molecule has 0 aliphatic carbocycles. The molecule has 0 amide bonds. The summed E-state index contributed by atoms with van der Waals surface area (Å²) in [6.07, 6.45) is 1.53. The van der Waals surface area contributed by atoms with Crippen LogP contribution in [-0.2, 0) is 4.74 Å². The molecule has 164 valence electrons. The predicted molar refractivity (Wildman–Crippen MR) is 128 cm³/mol. The topological polar surface area (TPSA) is 146 Å². The highest BCUT2D eigenvalue weighted by atomic mass is 32.1. The van der Waals surface area contributed by atoms with Crippen molar-refractivity contribution in [3.8, 4) is 17.3 Å². The Hall–Kier alpha value is -4.49. The van der Waals surface area contributed by atoms with Gasteiger partial charge in [0.1, 0.15) is 16.5 Å². The number of hydrogen-bond donors (Lipinski definition) is 3. The summed E-state index contributed by atoms with van der Waals surface area (Å²) in [5.41, 5.74) is 10.2. The first-order valence-electron chi connectivity index (χ1n) is 9.90. The summed E-state index contributed by atoms with van der Waals surface area (Å²) >= 11 is 1.27. The van der Waals surface area contributed by atoms with Crippen LogP contribution in [0.15, 0.2) is 58.4 Å². The zero-order valence-electron chi connectivity index (χ0n) is 17.5. The van der Waals surface area contributed by atoms with Gasteiger partial charge in [-0.2, -0.15) is 10.4 Å². The number of anilines is 2. The number of rotatable bonds is 6. The number of thiophene rings is 1. The van der Waals surface area contributed by atoms with Crippen molar-refractivity contribution in [3.63, 3.8) is 0 Å². The minimum Gasteiger partial charge on any atom is -0.462 e. The number of nitriles is 1. The van der Waals surface area contributed by atoms with Gasteiger partial charge in [0.25, 0.3) is 5.56 Å². The van der Waals surface area contributed by atoms with Crippen LogP contribution in [0.2, 0.25) is 0 Å². The summed E-state index contributed by atoms with van der Waals surface area (Å²) in [6, 6.07) is 16.3. The van der Waals surface area contributed by atoms with Crippen LogP contribution in [0.4, 0.5) is 11.6 Å². The third kappa shape index (κ3) is 4.44. The van der Waals surface area contributed by atoms with Crippen molar-refractivity contribution in [2.24, 2.45) is 5.10 Å². The molecule has 0 saturated carbocycles. The van der Waals surface area contributed by atoms with Crippen molar-refractivity contribution >= 4 is 45.2 Å². The average molecular weight is 459 g/mol. The maximum Gasteiger partial charge on any atom is 0.350 e. The Morgan fingerprint density at radius 1 is 1.33 bits per heavy atom. The van der Waals surface area contributed by atoms with Crippen molar-refractivity contribution in [1.82, 2.24) is 9.97 Å². The molecule has 33 heavy (non-hydrogen) atoms. The monoisotopic (exact) mass is 458 g/mol. The lowest BCUT2D eigenvalue weighted by molar-refractivity contribution is 0.0533. The Morgan fingerprint density at radius 2 is 2.12 bits per heavy atom. The van der Waals surface area contributed by atoms with Gasteiger partial charge >= 0.3 is 5.97 Å². The largest absolute Gasteiger partial charge is 0.462 e. The van der Waals surface area contributed by atoms with E-state index in [9.17, 15) is 14.9 Å². The van der Waals surface area contributed by atoms with Gasteiger partial charge in [-0.1, -0.05) is 36.4 Å². The molecule has 0 radical (unpaired) electrons. The molecule has 9 nitrogen and oxygen atoms in total. The molecule has 0 fully saturated rings. The summed E-state index contributed by atoms with van der Waals surface area (Å²) in [5.74, 6) is -0.354. The Kier molecular flexibility index (Phi) is 6.15. The number of esters is 1. The van der Waals surface area contributed by atoms with E-state index >= 15 is 0 Å². The molecule has 0 saturated heterocycles. The minimum absolute atomic E-state index is 0.0773. The van der Waals surface area contributed by atoms with Gasteiger partial charge in [-0.25, -0.2) is 15.2 Å². The van der Waals surface area contributed by atoms with Gasteiger partial charge in [-0.05, 0) is 24.6 Å². The molecule has 4 aromatic rings. The van der Waals surface area contributed by atoms with Crippen molar-refractivity contribution in [1.29, 1.82) is 5.26 Å². The lowest BCUT2D eigenvalue weighted by atomic mass is 10.1. The number of carbonyl (C=O) groups excluding carboxylic acids is 1. The fourth-order valence-corrected chi connectivity index (χ4v) is 4.16. The molecule has 0 aliphatic heterocycles. The molecule has 2 aromatic carbocycles. The van der Waals surface area contributed by atoms with Crippen molar-refractivity contribution < 1.29 is 9.53 Å². The SMILES string of the molecule is CCOC(=O)c1sc2ccc(C=NNc3nc(-c4ccccc4)c(C#N)c(=O)[nH]3)cc2c1N. The first-order chi connectivity index (χ1) is 16.0. The van der Waals surface area contributed by atoms with E-state index in [-0.39, 0.29) is 23.8 Å². The van der Waals surface area contributed by atoms with E-state index in [1.807, 2.05) is 24.3 Å². The lowest BCUT2D eigenvalue weighted by Crippen LogP contribution is -2.16. The molecule has 0 atom stereocenters. The zero-order chi connectivity index (χ0) is 23.4. The maximum atomic E-state index is 12.3. The molecular weight excluding hydrogens is 440 g/mol. The van der Waals surface area contributed by atoms with Crippen LogP contribution < -0.4 is 16.7 Å². The molecule has 0 aliphatic rings.